The molecule has 0 aromatic carbocycles. The van der Waals surface area contributed by atoms with Crippen molar-refractivity contribution in [1.29, 1.82) is 0 Å². The average molecular weight is 339 g/mol. The molecule has 0 aliphatic carbocycles. The number of H-pyrrole nitrogens is 1. The second-order valence-corrected chi connectivity index (χ2v) is 4.43. The fraction of sp³-hybridized carbons (Fsp3) is 0.455. The van der Waals surface area contributed by atoms with Crippen molar-refractivity contribution in [3.63, 3.8) is 0 Å². The molecule has 1 aromatic rings. The molecule has 0 saturated heterocycles. The molecule has 0 saturated carbocycles. The van der Waals surface area contributed by atoms with Crippen LogP contribution in [-0.2, 0) is 0 Å². The molecule has 0 aliphatic heterocycles. The Bertz CT molecular complexity index is 437. The summed E-state index contributed by atoms with van der Waals surface area (Å²) in [6, 6.07) is 1.51. The van der Waals surface area contributed by atoms with E-state index in [2.05, 4.69) is 38.5 Å². The zero-order chi connectivity index (χ0) is 12.7. The largest absolute Gasteiger partial charge is 0.351 e. The van der Waals surface area contributed by atoms with E-state index in [-0.39, 0.29) is 23.9 Å². The Morgan fingerprint density at radius 1 is 1.39 bits per heavy atom. The lowest BCUT2D eigenvalue weighted by molar-refractivity contribution is 0.0953. The molecule has 1 aromatic heterocycles. The molecule has 0 atom stereocenters. The van der Waals surface area contributed by atoms with Crippen molar-refractivity contribution >= 4 is 34.2 Å². The van der Waals surface area contributed by atoms with Crippen LogP contribution in [0.15, 0.2) is 21.5 Å². The molecular weight excluding hydrogens is 321 g/mol. The van der Waals surface area contributed by atoms with Gasteiger partial charge in [-0.25, -0.2) is 0 Å². The molecule has 1 amide bonds. The Labute approximate surface area is 120 Å². The predicted octanol–water partition coefficient (Wildman–Crippen LogP) is 1.29. The molecule has 0 aliphatic rings. The van der Waals surface area contributed by atoms with Gasteiger partial charge in [-0.15, -0.1) is 12.4 Å². The molecule has 3 N–H and O–H groups in total. The highest BCUT2D eigenvalue weighted by molar-refractivity contribution is 9.10. The molecule has 102 valence electrons. The van der Waals surface area contributed by atoms with E-state index in [9.17, 15) is 9.59 Å². The number of hydrogen-bond donors (Lipinski definition) is 3. The third kappa shape index (κ3) is 5.66. The second kappa shape index (κ2) is 9.13. The molecule has 7 heteroatoms. The molecule has 0 radical (unpaired) electrons. The number of pyridine rings is 1. The fourth-order valence-electron chi connectivity index (χ4n) is 1.26. The zero-order valence-corrected chi connectivity index (χ0v) is 12.5. The molecule has 0 unspecified atom stereocenters. The van der Waals surface area contributed by atoms with Gasteiger partial charge in [0.2, 0.25) is 0 Å². The monoisotopic (exact) mass is 337 g/mol. The smallest absolute Gasteiger partial charge is 0.262 e. The van der Waals surface area contributed by atoms with Gasteiger partial charge in [-0.05, 0) is 35.0 Å². The first-order valence-electron chi connectivity index (χ1n) is 5.52. The Hall–Kier alpha value is -0.850. The van der Waals surface area contributed by atoms with Gasteiger partial charge in [-0.1, -0.05) is 6.92 Å². The first-order valence-corrected chi connectivity index (χ1v) is 6.31. The summed E-state index contributed by atoms with van der Waals surface area (Å²) < 4.78 is 0.356. The second-order valence-electron chi connectivity index (χ2n) is 3.57. The zero-order valence-electron chi connectivity index (χ0n) is 10.1. The van der Waals surface area contributed by atoms with Crippen LogP contribution in [0.4, 0.5) is 0 Å². The third-order valence-corrected chi connectivity index (χ3v) is 2.72. The van der Waals surface area contributed by atoms with Crippen LogP contribution in [0.2, 0.25) is 0 Å². The van der Waals surface area contributed by atoms with Crippen LogP contribution >= 0.6 is 28.3 Å². The highest BCUT2D eigenvalue weighted by Crippen LogP contribution is 2.04. The van der Waals surface area contributed by atoms with Crippen LogP contribution in [0.25, 0.3) is 0 Å². The van der Waals surface area contributed by atoms with Crippen LogP contribution < -0.4 is 16.2 Å². The van der Waals surface area contributed by atoms with Crippen molar-refractivity contribution in [3.05, 3.63) is 32.7 Å². The van der Waals surface area contributed by atoms with Gasteiger partial charge < -0.3 is 15.6 Å². The number of carbonyl (C=O) groups excluding carboxylic acids is 1. The number of halogens is 2. The third-order valence-electron chi connectivity index (χ3n) is 2.13. The molecular formula is C11H17BrClN3O2. The van der Waals surface area contributed by atoms with Crippen molar-refractivity contribution in [3.8, 4) is 0 Å². The summed E-state index contributed by atoms with van der Waals surface area (Å²) in [5.41, 5.74) is 0.193. The van der Waals surface area contributed by atoms with Gasteiger partial charge in [0.15, 0.2) is 0 Å². The molecule has 1 heterocycles. The minimum Gasteiger partial charge on any atom is -0.351 e. The minimum atomic E-state index is -0.244. The summed E-state index contributed by atoms with van der Waals surface area (Å²) >= 11 is 3.08. The van der Waals surface area contributed by atoms with Gasteiger partial charge in [-0.2, -0.15) is 0 Å². The first-order chi connectivity index (χ1) is 8.15. The maximum Gasteiger partial charge on any atom is 0.262 e. The molecule has 0 spiro atoms. The van der Waals surface area contributed by atoms with E-state index < -0.39 is 0 Å². The lowest BCUT2D eigenvalue weighted by Gasteiger charge is -2.06. The topological polar surface area (TPSA) is 74.0 Å². The quantitative estimate of drug-likeness (QED) is 0.684. The van der Waals surface area contributed by atoms with Crippen LogP contribution in [-0.4, -0.2) is 30.5 Å². The molecule has 1 rings (SSSR count). The van der Waals surface area contributed by atoms with Gasteiger partial charge in [0.25, 0.3) is 11.5 Å². The molecule has 18 heavy (non-hydrogen) atoms. The number of rotatable bonds is 6. The Morgan fingerprint density at radius 3 is 2.72 bits per heavy atom. The summed E-state index contributed by atoms with van der Waals surface area (Å²) in [5, 5.41) is 5.94. The van der Waals surface area contributed by atoms with Crippen molar-refractivity contribution in [2.45, 2.75) is 13.3 Å². The number of nitrogens with one attached hydrogen (secondary N) is 3. The van der Waals surface area contributed by atoms with Crippen molar-refractivity contribution < 1.29 is 4.79 Å². The lowest BCUT2D eigenvalue weighted by Crippen LogP contribution is -2.32. The van der Waals surface area contributed by atoms with Crippen LogP contribution in [0.1, 0.15) is 23.7 Å². The SMILES string of the molecule is CCCNCCNC(=O)c1c[nH]c(=O)c(Br)c1.Cl. The Kier molecular flexibility index (Phi) is 8.70. The maximum atomic E-state index is 11.7. The van der Waals surface area contributed by atoms with Crippen LogP contribution in [0.3, 0.4) is 0 Å². The number of carbonyl (C=O) groups is 1. The number of aromatic nitrogens is 1. The van der Waals surface area contributed by atoms with E-state index >= 15 is 0 Å². The normalized spacial score (nSPS) is 9.67. The van der Waals surface area contributed by atoms with E-state index in [1.165, 1.54) is 12.3 Å². The maximum absolute atomic E-state index is 11.7. The van der Waals surface area contributed by atoms with Gasteiger partial charge in [0.1, 0.15) is 0 Å². The standard InChI is InChI=1S/C11H16BrN3O2.ClH/c1-2-3-13-4-5-14-10(16)8-6-9(12)11(17)15-7-8;/h6-7,13H,2-5H2,1H3,(H,14,16)(H,15,17);1H. The average Bonchev–Trinajstić information content (AvgIpc) is 2.32. The Morgan fingerprint density at radius 2 is 2.11 bits per heavy atom. The summed E-state index contributed by atoms with van der Waals surface area (Å²) in [5.74, 6) is -0.194. The van der Waals surface area contributed by atoms with E-state index in [0.29, 0.717) is 16.6 Å². The van der Waals surface area contributed by atoms with Gasteiger partial charge in [0, 0.05) is 19.3 Å². The van der Waals surface area contributed by atoms with Crippen molar-refractivity contribution in [1.82, 2.24) is 15.6 Å². The summed E-state index contributed by atoms with van der Waals surface area (Å²) in [4.78, 5) is 25.2. The molecule has 0 bridgehead atoms. The number of hydrogen-bond acceptors (Lipinski definition) is 3. The van der Waals surface area contributed by atoms with E-state index in [4.69, 9.17) is 0 Å². The number of aromatic amines is 1. The van der Waals surface area contributed by atoms with Gasteiger partial charge in [-0.3, -0.25) is 9.59 Å². The van der Waals surface area contributed by atoms with Crippen LogP contribution in [0, 0.1) is 0 Å². The highest BCUT2D eigenvalue weighted by atomic mass is 79.9. The van der Waals surface area contributed by atoms with Crippen molar-refractivity contribution in [2.75, 3.05) is 19.6 Å². The van der Waals surface area contributed by atoms with Crippen molar-refractivity contribution in [2.24, 2.45) is 0 Å². The first kappa shape index (κ1) is 17.2. The van der Waals surface area contributed by atoms with E-state index in [0.717, 1.165) is 19.5 Å². The highest BCUT2D eigenvalue weighted by Gasteiger charge is 2.06. The molecule has 0 fully saturated rings. The van der Waals surface area contributed by atoms with Gasteiger partial charge in [0.05, 0.1) is 10.0 Å². The predicted molar refractivity (Wildman–Crippen MR) is 77.5 cm³/mol. The molecule has 5 nitrogen and oxygen atoms in total. The van der Waals surface area contributed by atoms with Crippen LogP contribution in [0.5, 0.6) is 0 Å². The lowest BCUT2D eigenvalue weighted by atomic mass is 10.2. The summed E-state index contributed by atoms with van der Waals surface area (Å²) in [6.45, 7) is 4.34. The fourth-order valence-corrected chi connectivity index (χ4v) is 1.62. The number of amides is 1. The van der Waals surface area contributed by atoms with E-state index in [1.54, 1.807) is 0 Å². The minimum absolute atomic E-state index is 0. The summed E-state index contributed by atoms with van der Waals surface area (Å²) in [6.07, 6.45) is 2.47. The van der Waals surface area contributed by atoms with E-state index in [1.807, 2.05) is 0 Å². The Balaban J connectivity index is 0.00000289. The summed E-state index contributed by atoms with van der Waals surface area (Å²) in [7, 11) is 0. The van der Waals surface area contributed by atoms with Gasteiger partial charge >= 0.3 is 0 Å².